The fourth-order valence-electron chi connectivity index (χ4n) is 1.63. The number of hydrogen-bond donors (Lipinski definition) is 1. The Morgan fingerprint density at radius 3 is 2.35 bits per heavy atom. The first-order valence-electron chi connectivity index (χ1n) is 5.78. The Bertz CT molecular complexity index is 775. The fraction of sp³-hybridized carbons (Fsp3) is 0.0667. The monoisotopic (exact) mass is 289 g/mol. The van der Waals surface area contributed by atoms with E-state index in [0.29, 0.717) is 0 Å². The Labute approximate surface area is 117 Å². The van der Waals surface area contributed by atoms with Gasteiger partial charge in [0.2, 0.25) is 0 Å². The zero-order valence-electron chi connectivity index (χ0n) is 10.7. The maximum Gasteiger partial charge on any atom is 0.261 e. The van der Waals surface area contributed by atoms with Crippen molar-refractivity contribution in [3.05, 3.63) is 59.4 Å². The van der Waals surface area contributed by atoms with Crippen LogP contribution in [-0.4, -0.2) is 8.42 Å². The van der Waals surface area contributed by atoms with Crippen molar-refractivity contribution in [1.29, 1.82) is 0 Å². The van der Waals surface area contributed by atoms with E-state index in [1.165, 1.54) is 24.3 Å². The van der Waals surface area contributed by atoms with E-state index in [2.05, 4.69) is 10.6 Å². The standard InChI is InChI=1S/C15H12FNO2S/c1-3-12-6-7-13(10-15(12)16)17-20(18,19)14-8-4-11(2)5-9-14/h1,4-10,17H,2H3. The molecule has 0 unspecified atom stereocenters. The van der Waals surface area contributed by atoms with Crippen LogP contribution in [0, 0.1) is 25.1 Å². The molecule has 0 saturated carbocycles. The molecule has 0 bridgehead atoms. The molecule has 5 heteroatoms. The van der Waals surface area contributed by atoms with Gasteiger partial charge in [0.05, 0.1) is 16.1 Å². The van der Waals surface area contributed by atoms with E-state index in [4.69, 9.17) is 6.42 Å². The van der Waals surface area contributed by atoms with Crippen molar-refractivity contribution in [3.8, 4) is 12.3 Å². The lowest BCUT2D eigenvalue weighted by Crippen LogP contribution is -2.13. The van der Waals surface area contributed by atoms with Crippen molar-refractivity contribution in [3.63, 3.8) is 0 Å². The quantitative estimate of drug-likeness (QED) is 0.883. The van der Waals surface area contributed by atoms with Gasteiger partial charge in [-0.05, 0) is 37.3 Å². The molecule has 0 atom stereocenters. The molecule has 102 valence electrons. The van der Waals surface area contributed by atoms with Gasteiger partial charge in [0.15, 0.2) is 0 Å². The normalized spacial score (nSPS) is 10.8. The Hall–Kier alpha value is -2.32. The SMILES string of the molecule is C#Cc1ccc(NS(=O)(=O)c2ccc(C)cc2)cc1F. The number of nitrogens with one attached hydrogen (secondary N) is 1. The van der Waals surface area contributed by atoms with E-state index in [-0.39, 0.29) is 16.1 Å². The molecule has 0 radical (unpaired) electrons. The van der Waals surface area contributed by atoms with Gasteiger partial charge in [-0.15, -0.1) is 6.42 Å². The molecule has 3 nitrogen and oxygen atoms in total. The van der Waals surface area contributed by atoms with Gasteiger partial charge >= 0.3 is 0 Å². The molecule has 0 aliphatic heterocycles. The summed E-state index contributed by atoms with van der Waals surface area (Å²) in [4.78, 5) is 0.115. The van der Waals surface area contributed by atoms with Crippen LogP contribution in [0.3, 0.4) is 0 Å². The van der Waals surface area contributed by atoms with E-state index < -0.39 is 15.8 Å². The van der Waals surface area contributed by atoms with Crippen LogP contribution >= 0.6 is 0 Å². The minimum atomic E-state index is -3.73. The molecule has 2 rings (SSSR count). The van der Waals surface area contributed by atoms with Crippen LogP contribution in [0.2, 0.25) is 0 Å². The molecule has 1 N–H and O–H groups in total. The highest BCUT2D eigenvalue weighted by Gasteiger charge is 2.14. The minimum absolute atomic E-state index is 0.0864. The second-order valence-electron chi connectivity index (χ2n) is 4.26. The van der Waals surface area contributed by atoms with Crippen molar-refractivity contribution >= 4 is 15.7 Å². The summed E-state index contributed by atoms with van der Waals surface area (Å²) in [6, 6.07) is 10.2. The summed E-state index contributed by atoms with van der Waals surface area (Å²) in [6.07, 6.45) is 5.10. The van der Waals surface area contributed by atoms with Gasteiger partial charge < -0.3 is 0 Å². The molecule has 2 aromatic carbocycles. The first-order valence-corrected chi connectivity index (χ1v) is 7.26. The van der Waals surface area contributed by atoms with Gasteiger partial charge in [0, 0.05) is 0 Å². The van der Waals surface area contributed by atoms with E-state index in [0.717, 1.165) is 11.6 Å². The van der Waals surface area contributed by atoms with Crippen LogP contribution in [0.15, 0.2) is 47.4 Å². The van der Waals surface area contributed by atoms with Crippen LogP contribution in [0.25, 0.3) is 0 Å². The predicted molar refractivity (Wildman–Crippen MR) is 76.3 cm³/mol. The number of halogens is 1. The molecule has 0 aromatic heterocycles. The molecular formula is C15H12FNO2S. The average Bonchev–Trinajstić information content (AvgIpc) is 2.39. The highest BCUT2D eigenvalue weighted by Crippen LogP contribution is 2.19. The van der Waals surface area contributed by atoms with Crippen LogP contribution in [0.5, 0.6) is 0 Å². The fourth-order valence-corrected chi connectivity index (χ4v) is 2.68. The number of hydrogen-bond acceptors (Lipinski definition) is 2. The summed E-state index contributed by atoms with van der Waals surface area (Å²) < 4.78 is 40.0. The molecule has 0 heterocycles. The second-order valence-corrected chi connectivity index (χ2v) is 5.94. The third-order valence-electron chi connectivity index (χ3n) is 2.71. The summed E-state index contributed by atoms with van der Waals surface area (Å²) in [6.45, 7) is 1.86. The number of rotatable bonds is 3. The summed E-state index contributed by atoms with van der Waals surface area (Å²) in [5.41, 5.74) is 1.17. The molecule has 0 amide bonds. The van der Waals surface area contributed by atoms with Gasteiger partial charge in [-0.1, -0.05) is 23.6 Å². The van der Waals surface area contributed by atoms with Gasteiger partial charge in [0.1, 0.15) is 5.82 Å². The van der Waals surface area contributed by atoms with Gasteiger partial charge in [-0.2, -0.15) is 0 Å². The van der Waals surface area contributed by atoms with Crippen LogP contribution in [0.1, 0.15) is 11.1 Å². The Kier molecular flexibility index (Phi) is 3.77. The van der Waals surface area contributed by atoms with Gasteiger partial charge in [-0.25, -0.2) is 12.8 Å². The minimum Gasteiger partial charge on any atom is -0.280 e. The molecule has 0 aliphatic rings. The Morgan fingerprint density at radius 2 is 1.80 bits per heavy atom. The van der Waals surface area contributed by atoms with Crippen LogP contribution < -0.4 is 4.72 Å². The number of benzene rings is 2. The number of sulfonamides is 1. The molecule has 0 fully saturated rings. The largest absolute Gasteiger partial charge is 0.280 e. The van der Waals surface area contributed by atoms with Crippen LogP contribution in [-0.2, 0) is 10.0 Å². The van der Waals surface area contributed by atoms with Gasteiger partial charge in [-0.3, -0.25) is 4.72 Å². The summed E-state index contributed by atoms with van der Waals surface area (Å²) in [5.74, 6) is 1.53. The van der Waals surface area contributed by atoms with E-state index in [1.807, 2.05) is 6.92 Å². The lowest BCUT2D eigenvalue weighted by molar-refractivity contribution is 0.601. The molecular weight excluding hydrogens is 277 g/mol. The molecule has 20 heavy (non-hydrogen) atoms. The molecule has 0 saturated heterocycles. The highest BCUT2D eigenvalue weighted by molar-refractivity contribution is 7.92. The summed E-state index contributed by atoms with van der Waals surface area (Å²) in [5, 5.41) is 0. The maximum absolute atomic E-state index is 13.5. The van der Waals surface area contributed by atoms with E-state index in [1.54, 1.807) is 12.1 Å². The molecule has 0 aliphatic carbocycles. The zero-order valence-corrected chi connectivity index (χ0v) is 11.5. The lowest BCUT2D eigenvalue weighted by atomic mass is 10.2. The maximum atomic E-state index is 13.5. The van der Waals surface area contributed by atoms with Crippen molar-refractivity contribution in [2.24, 2.45) is 0 Å². The number of anilines is 1. The van der Waals surface area contributed by atoms with Crippen molar-refractivity contribution in [2.75, 3.05) is 4.72 Å². The number of terminal acetylenes is 1. The van der Waals surface area contributed by atoms with Gasteiger partial charge in [0.25, 0.3) is 10.0 Å². The predicted octanol–water partition coefficient (Wildman–Crippen LogP) is 2.92. The average molecular weight is 289 g/mol. The van der Waals surface area contributed by atoms with Crippen molar-refractivity contribution < 1.29 is 12.8 Å². The topological polar surface area (TPSA) is 46.2 Å². The van der Waals surface area contributed by atoms with Crippen molar-refractivity contribution in [2.45, 2.75) is 11.8 Å². The third-order valence-corrected chi connectivity index (χ3v) is 4.11. The Balaban J connectivity index is 2.31. The third kappa shape index (κ3) is 2.98. The Morgan fingerprint density at radius 1 is 1.15 bits per heavy atom. The molecule has 2 aromatic rings. The van der Waals surface area contributed by atoms with Crippen molar-refractivity contribution in [1.82, 2.24) is 0 Å². The van der Waals surface area contributed by atoms with E-state index >= 15 is 0 Å². The first kappa shape index (κ1) is 14.1. The second kappa shape index (κ2) is 5.35. The smallest absolute Gasteiger partial charge is 0.261 e. The highest BCUT2D eigenvalue weighted by atomic mass is 32.2. The molecule has 0 spiro atoms. The van der Waals surface area contributed by atoms with E-state index in [9.17, 15) is 12.8 Å². The van der Waals surface area contributed by atoms with Crippen LogP contribution in [0.4, 0.5) is 10.1 Å². The zero-order chi connectivity index (χ0) is 14.8. The summed E-state index contributed by atoms with van der Waals surface area (Å²) >= 11 is 0. The number of aryl methyl sites for hydroxylation is 1. The lowest BCUT2D eigenvalue weighted by Gasteiger charge is -2.09. The summed E-state index contributed by atoms with van der Waals surface area (Å²) in [7, 11) is -3.73. The first-order chi connectivity index (χ1) is 9.42.